The Morgan fingerprint density at radius 2 is 2.11 bits per heavy atom. The Morgan fingerprint density at radius 1 is 1.47 bits per heavy atom. The molecule has 1 unspecified atom stereocenters. The predicted molar refractivity (Wildman–Crippen MR) is 81.5 cm³/mol. The van der Waals surface area contributed by atoms with E-state index < -0.39 is 0 Å². The molecule has 0 aliphatic carbocycles. The highest BCUT2D eigenvalue weighted by molar-refractivity contribution is 9.10. The van der Waals surface area contributed by atoms with E-state index >= 15 is 0 Å². The molecule has 0 fully saturated rings. The van der Waals surface area contributed by atoms with Gasteiger partial charge in [0.25, 0.3) is 5.69 Å². The van der Waals surface area contributed by atoms with Crippen LogP contribution in [-0.4, -0.2) is 24.6 Å². The molecule has 0 saturated heterocycles. The highest BCUT2D eigenvalue weighted by Crippen LogP contribution is 2.30. The van der Waals surface area contributed by atoms with Gasteiger partial charge >= 0.3 is 0 Å². The maximum atomic E-state index is 11.0. The van der Waals surface area contributed by atoms with Gasteiger partial charge in [-0.3, -0.25) is 10.1 Å². The summed E-state index contributed by atoms with van der Waals surface area (Å²) in [6.45, 7) is 4.84. The van der Waals surface area contributed by atoms with Crippen LogP contribution in [0.3, 0.4) is 0 Å². The van der Waals surface area contributed by atoms with E-state index in [1.807, 2.05) is 11.9 Å². The van der Waals surface area contributed by atoms with Crippen molar-refractivity contribution in [3.05, 3.63) is 32.8 Å². The first-order valence-corrected chi connectivity index (χ1v) is 7.03. The number of nitro groups is 1. The maximum absolute atomic E-state index is 11.0. The summed E-state index contributed by atoms with van der Waals surface area (Å²) in [5.41, 5.74) is 6.72. The van der Waals surface area contributed by atoms with Crippen molar-refractivity contribution in [3.63, 3.8) is 0 Å². The molecule has 1 rings (SSSR count). The Kier molecular flexibility index (Phi) is 5.75. The summed E-state index contributed by atoms with van der Waals surface area (Å²) in [4.78, 5) is 12.5. The van der Waals surface area contributed by atoms with Gasteiger partial charge in [0, 0.05) is 30.2 Å². The Morgan fingerprint density at radius 3 is 2.63 bits per heavy atom. The fourth-order valence-corrected chi connectivity index (χ4v) is 2.10. The van der Waals surface area contributed by atoms with Crippen LogP contribution in [0, 0.1) is 16.0 Å². The van der Waals surface area contributed by atoms with Crippen molar-refractivity contribution >= 4 is 27.3 Å². The molecule has 5 nitrogen and oxygen atoms in total. The molecule has 0 aliphatic rings. The Bertz CT molecular complexity index is 452. The first-order valence-electron chi connectivity index (χ1n) is 6.23. The van der Waals surface area contributed by atoms with Crippen LogP contribution in [0.2, 0.25) is 0 Å². The number of halogens is 1. The van der Waals surface area contributed by atoms with Gasteiger partial charge in [0.15, 0.2) is 0 Å². The normalized spacial score (nSPS) is 12.5. The van der Waals surface area contributed by atoms with Crippen molar-refractivity contribution in [2.45, 2.75) is 26.3 Å². The van der Waals surface area contributed by atoms with Crippen LogP contribution in [0.25, 0.3) is 0 Å². The molecule has 0 amide bonds. The van der Waals surface area contributed by atoms with E-state index in [-0.39, 0.29) is 16.7 Å². The van der Waals surface area contributed by atoms with Gasteiger partial charge in [-0.1, -0.05) is 29.8 Å². The lowest BCUT2D eigenvalue weighted by Crippen LogP contribution is -2.32. The quantitative estimate of drug-likeness (QED) is 0.642. The minimum atomic E-state index is -0.360. The highest BCUT2D eigenvalue weighted by Gasteiger charge is 2.18. The lowest BCUT2D eigenvalue weighted by molar-refractivity contribution is -0.384. The zero-order valence-corrected chi connectivity index (χ0v) is 13.1. The standard InChI is InChI=1S/C13H20BrN3O2/c1-9(2)11(15)6-7-16(3)13-8-10(14)4-5-12(13)17(18)19/h4-5,8-9,11H,6-7,15H2,1-3H3. The summed E-state index contributed by atoms with van der Waals surface area (Å²) in [7, 11) is 1.85. The second-order valence-corrected chi connectivity index (χ2v) is 5.92. The van der Waals surface area contributed by atoms with E-state index in [1.165, 1.54) is 6.07 Å². The fraction of sp³-hybridized carbons (Fsp3) is 0.538. The lowest BCUT2D eigenvalue weighted by atomic mass is 10.0. The van der Waals surface area contributed by atoms with E-state index in [0.29, 0.717) is 18.2 Å². The van der Waals surface area contributed by atoms with Crippen LogP contribution in [0.1, 0.15) is 20.3 Å². The van der Waals surface area contributed by atoms with Crippen LogP contribution < -0.4 is 10.6 Å². The van der Waals surface area contributed by atoms with Gasteiger partial charge in [-0.05, 0) is 24.5 Å². The molecule has 0 aromatic heterocycles. The van der Waals surface area contributed by atoms with Crippen LogP contribution in [0.5, 0.6) is 0 Å². The smallest absolute Gasteiger partial charge is 0.292 e. The molecule has 0 heterocycles. The van der Waals surface area contributed by atoms with Crippen LogP contribution >= 0.6 is 15.9 Å². The minimum absolute atomic E-state index is 0.105. The Hall–Kier alpha value is -1.14. The van der Waals surface area contributed by atoms with Gasteiger partial charge in [-0.15, -0.1) is 0 Å². The fourth-order valence-electron chi connectivity index (χ4n) is 1.75. The topological polar surface area (TPSA) is 72.4 Å². The Labute approximate surface area is 122 Å². The second-order valence-electron chi connectivity index (χ2n) is 5.01. The SMILES string of the molecule is CC(C)C(N)CCN(C)c1cc(Br)ccc1[N+](=O)[O-]. The highest BCUT2D eigenvalue weighted by atomic mass is 79.9. The molecule has 0 radical (unpaired) electrons. The van der Waals surface area contributed by atoms with Crippen LogP contribution in [0.15, 0.2) is 22.7 Å². The lowest BCUT2D eigenvalue weighted by Gasteiger charge is -2.23. The second kappa shape index (κ2) is 6.86. The van der Waals surface area contributed by atoms with E-state index in [0.717, 1.165) is 10.9 Å². The summed E-state index contributed by atoms with van der Waals surface area (Å²) in [6.07, 6.45) is 0.803. The molecular weight excluding hydrogens is 310 g/mol. The summed E-state index contributed by atoms with van der Waals surface area (Å²) < 4.78 is 0.827. The summed E-state index contributed by atoms with van der Waals surface area (Å²) in [6, 6.07) is 5.06. The molecule has 19 heavy (non-hydrogen) atoms. The molecule has 106 valence electrons. The van der Waals surface area contributed by atoms with Gasteiger partial charge in [-0.2, -0.15) is 0 Å². The van der Waals surface area contributed by atoms with Gasteiger partial charge < -0.3 is 10.6 Å². The largest absolute Gasteiger partial charge is 0.369 e. The van der Waals surface area contributed by atoms with Gasteiger partial charge in [-0.25, -0.2) is 0 Å². The average molecular weight is 330 g/mol. The molecule has 1 aromatic rings. The Balaban J connectivity index is 2.83. The number of anilines is 1. The van der Waals surface area contributed by atoms with E-state index in [4.69, 9.17) is 5.73 Å². The third kappa shape index (κ3) is 4.47. The van der Waals surface area contributed by atoms with Crippen LogP contribution in [-0.2, 0) is 0 Å². The van der Waals surface area contributed by atoms with E-state index in [2.05, 4.69) is 29.8 Å². The van der Waals surface area contributed by atoms with Gasteiger partial charge in [0.1, 0.15) is 5.69 Å². The monoisotopic (exact) mass is 329 g/mol. The predicted octanol–water partition coefficient (Wildman–Crippen LogP) is 3.17. The third-order valence-corrected chi connectivity index (χ3v) is 3.69. The third-order valence-electron chi connectivity index (χ3n) is 3.20. The van der Waals surface area contributed by atoms with Crippen molar-refractivity contribution < 1.29 is 4.92 Å². The number of hydrogen-bond acceptors (Lipinski definition) is 4. The van der Waals surface area contributed by atoms with Gasteiger partial charge in [0.05, 0.1) is 4.92 Å². The maximum Gasteiger partial charge on any atom is 0.292 e. The number of nitro benzene ring substituents is 1. The van der Waals surface area contributed by atoms with Crippen molar-refractivity contribution in [3.8, 4) is 0 Å². The zero-order valence-electron chi connectivity index (χ0n) is 11.5. The summed E-state index contributed by atoms with van der Waals surface area (Å²) in [5.74, 6) is 0.408. The molecule has 0 aliphatic heterocycles. The van der Waals surface area contributed by atoms with Crippen molar-refractivity contribution in [2.24, 2.45) is 11.7 Å². The molecule has 1 atom stereocenters. The molecule has 0 saturated carbocycles. The first-order chi connectivity index (χ1) is 8.82. The number of nitrogens with two attached hydrogens (primary N) is 1. The molecular formula is C13H20BrN3O2. The molecule has 1 aromatic carbocycles. The zero-order chi connectivity index (χ0) is 14.6. The molecule has 0 bridgehead atoms. The number of nitrogens with zero attached hydrogens (tertiary/aromatic N) is 2. The number of hydrogen-bond donors (Lipinski definition) is 1. The molecule has 6 heteroatoms. The van der Waals surface area contributed by atoms with Crippen LogP contribution in [0.4, 0.5) is 11.4 Å². The average Bonchev–Trinajstić information content (AvgIpc) is 2.34. The summed E-state index contributed by atoms with van der Waals surface area (Å²) in [5, 5.41) is 11.0. The van der Waals surface area contributed by atoms with Crippen molar-refractivity contribution in [2.75, 3.05) is 18.5 Å². The minimum Gasteiger partial charge on any atom is -0.369 e. The van der Waals surface area contributed by atoms with Crippen molar-refractivity contribution in [1.29, 1.82) is 0 Å². The number of benzene rings is 1. The van der Waals surface area contributed by atoms with Gasteiger partial charge in [0.2, 0.25) is 0 Å². The van der Waals surface area contributed by atoms with Crippen molar-refractivity contribution in [1.82, 2.24) is 0 Å². The number of rotatable bonds is 6. The first kappa shape index (κ1) is 15.9. The van der Waals surface area contributed by atoms with E-state index in [9.17, 15) is 10.1 Å². The summed E-state index contributed by atoms with van der Waals surface area (Å²) >= 11 is 3.34. The van der Waals surface area contributed by atoms with E-state index in [1.54, 1.807) is 12.1 Å². The molecule has 2 N–H and O–H groups in total. The molecule has 0 spiro atoms.